The largest absolute Gasteiger partial charge is 0.421 e. The summed E-state index contributed by atoms with van der Waals surface area (Å²) in [5.74, 6) is 1.01. The zero-order valence-electron chi connectivity index (χ0n) is 19.0. The van der Waals surface area contributed by atoms with Crippen molar-refractivity contribution in [3.8, 4) is 17.1 Å². The predicted octanol–water partition coefficient (Wildman–Crippen LogP) is 3.15. The number of nitrogens with zero attached hydrogens (tertiary/aromatic N) is 6. The average Bonchev–Trinajstić information content (AvgIpc) is 3.34. The first-order valence-electron chi connectivity index (χ1n) is 11.6. The van der Waals surface area contributed by atoms with Gasteiger partial charge in [-0.1, -0.05) is 36.8 Å². The third kappa shape index (κ3) is 3.63. The Morgan fingerprint density at radius 1 is 0.971 bits per heavy atom. The van der Waals surface area contributed by atoms with Gasteiger partial charge < -0.3 is 15.9 Å². The monoisotopic (exact) mass is 468 g/mol. The number of hydrogen-bond acceptors (Lipinski definition) is 9. The van der Waals surface area contributed by atoms with E-state index in [9.17, 15) is 4.79 Å². The number of fused-ring (bicyclic) bond motifs is 1. The highest BCUT2D eigenvalue weighted by molar-refractivity contribution is 6.06. The second-order valence-electron chi connectivity index (χ2n) is 8.84. The summed E-state index contributed by atoms with van der Waals surface area (Å²) in [5.41, 5.74) is 13.5. The summed E-state index contributed by atoms with van der Waals surface area (Å²) in [6.45, 7) is 0. The van der Waals surface area contributed by atoms with Gasteiger partial charge in [-0.25, -0.2) is 19.5 Å². The van der Waals surface area contributed by atoms with Gasteiger partial charge in [0.2, 0.25) is 11.9 Å². The minimum Gasteiger partial charge on any atom is -0.421 e. The lowest BCUT2D eigenvalue weighted by Crippen LogP contribution is -2.58. The summed E-state index contributed by atoms with van der Waals surface area (Å²) in [4.78, 5) is 28.1. The molecule has 0 radical (unpaired) electrons. The lowest BCUT2D eigenvalue weighted by atomic mass is 9.87. The quantitative estimate of drug-likeness (QED) is 0.440. The van der Waals surface area contributed by atoms with Gasteiger partial charge in [-0.05, 0) is 43.9 Å². The van der Waals surface area contributed by atoms with E-state index in [-0.39, 0.29) is 17.6 Å². The highest BCUT2D eigenvalue weighted by atomic mass is 16.4. The van der Waals surface area contributed by atoms with Crippen molar-refractivity contribution in [2.75, 3.05) is 4.90 Å². The van der Waals surface area contributed by atoms with Crippen molar-refractivity contribution in [1.29, 1.82) is 0 Å². The van der Waals surface area contributed by atoms with Crippen LogP contribution in [0.15, 0.2) is 80.1 Å². The number of hydrogen-bond donors (Lipinski definition) is 2. The standard InChI is InChI=1S/C25H24N8O2/c26-23-29-24(27)33(25(30-23)11-5-2-6-12-25)18-10-9-17-13-19(22(34)35-20(17)14-18)32-15-28-21(31-32)16-7-3-1-4-8-16/h1,3-4,7-10,13-15H,2,5-6,11-12H2,(H4,26,27,29,30). The van der Waals surface area contributed by atoms with E-state index in [4.69, 9.17) is 20.9 Å². The Kier molecular flexibility index (Phi) is 4.87. The molecule has 10 heteroatoms. The number of aliphatic imine (C=N–C) groups is 2. The molecule has 176 valence electrons. The summed E-state index contributed by atoms with van der Waals surface area (Å²) in [6.07, 6.45) is 6.34. The van der Waals surface area contributed by atoms with Gasteiger partial charge in [-0.15, -0.1) is 5.10 Å². The highest BCUT2D eigenvalue weighted by Gasteiger charge is 2.42. The molecule has 10 nitrogen and oxygen atoms in total. The maximum atomic E-state index is 12.9. The van der Waals surface area contributed by atoms with Gasteiger partial charge in [-0.2, -0.15) is 4.99 Å². The smallest absolute Gasteiger partial charge is 0.362 e. The molecule has 1 aliphatic carbocycles. The van der Waals surface area contributed by atoms with Gasteiger partial charge in [-0.3, -0.25) is 4.90 Å². The minimum atomic E-state index is -0.573. The van der Waals surface area contributed by atoms with Crippen molar-refractivity contribution in [3.63, 3.8) is 0 Å². The lowest BCUT2D eigenvalue weighted by molar-refractivity contribution is 0.305. The Hall–Kier alpha value is -4.47. The van der Waals surface area contributed by atoms with E-state index in [1.165, 1.54) is 11.0 Å². The molecule has 6 rings (SSSR count). The van der Waals surface area contributed by atoms with Gasteiger partial charge in [0.25, 0.3) is 0 Å². The third-order valence-electron chi connectivity index (χ3n) is 6.58. The molecule has 1 saturated carbocycles. The summed E-state index contributed by atoms with van der Waals surface area (Å²) < 4.78 is 7.15. The molecule has 4 N–H and O–H groups in total. The van der Waals surface area contributed by atoms with Crippen LogP contribution in [0.2, 0.25) is 0 Å². The second-order valence-corrected chi connectivity index (χ2v) is 8.84. The molecular formula is C25H24N8O2. The van der Waals surface area contributed by atoms with Crippen molar-refractivity contribution in [2.24, 2.45) is 21.5 Å². The Balaban J connectivity index is 1.39. The van der Waals surface area contributed by atoms with Crippen molar-refractivity contribution >= 4 is 28.6 Å². The van der Waals surface area contributed by atoms with E-state index in [1.54, 1.807) is 12.1 Å². The molecule has 4 aromatic rings. The first-order chi connectivity index (χ1) is 17.0. The number of benzene rings is 2. The third-order valence-corrected chi connectivity index (χ3v) is 6.58. The number of anilines is 1. The van der Waals surface area contributed by atoms with Crippen LogP contribution in [0.3, 0.4) is 0 Å². The Morgan fingerprint density at radius 2 is 1.77 bits per heavy atom. The van der Waals surface area contributed by atoms with Crippen LogP contribution in [0.5, 0.6) is 0 Å². The molecule has 1 spiro atoms. The van der Waals surface area contributed by atoms with E-state index in [0.717, 1.165) is 48.7 Å². The van der Waals surface area contributed by atoms with Crippen molar-refractivity contribution in [1.82, 2.24) is 14.8 Å². The summed E-state index contributed by atoms with van der Waals surface area (Å²) >= 11 is 0. The molecular weight excluding hydrogens is 444 g/mol. The molecule has 0 amide bonds. The van der Waals surface area contributed by atoms with Gasteiger partial charge >= 0.3 is 5.63 Å². The van der Waals surface area contributed by atoms with Gasteiger partial charge in [0.05, 0.1) is 5.69 Å². The Morgan fingerprint density at radius 3 is 2.57 bits per heavy atom. The average molecular weight is 469 g/mol. The summed E-state index contributed by atoms with van der Waals surface area (Å²) in [5, 5.41) is 5.21. The first-order valence-corrected chi connectivity index (χ1v) is 11.6. The van der Waals surface area contributed by atoms with Crippen molar-refractivity contribution in [2.45, 2.75) is 37.8 Å². The maximum absolute atomic E-state index is 12.9. The predicted molar refractivity (Wildman–Crippen MR) is 134 cm³/mol. The molecule has 2 aliphatic rings. The number of rotatable bonds is 3. The molecule has 35 heavy (non-hydrogen) atoms. The molecule has 0 unspecified atom stereocenters. The maximum Gasteiger partial charge on any atom is 0.362 e. The number of nitrogens with two attached hydrogens (primary N) is 2. The van der Waals surface area contributed by atoms with Gasteiger partial charge in [0.15, 0.2) is 11.5 Å². The first kappa shape index (κ1) is 21.1. The van der Waals surface area contributed by atoms with Crippen LogP contribution in [0, 0.1) is 0 Å². The number of guanidine groups is 2. The second kappa shape index (κ2) is 8.08. The van der Waals surface area contributed by atoms with Gasteiger partial charge in [0, 0.05) is 17.0 Å². The topological polar surface area (TPSA) is 141 Å². The Bertz CT molecular complexity index is 1530. The SMILES string of the molecule is NC1=NC2(CCCCC2)N(c2ccc3cc(-n4cnc(-c5ccccc5)n4)c(=O)oc3c2)C(N)=N1. The minimum absolute atomic E-state index is 0.195. The molecule has 2 aromatic heterocycles. The molecule has 1 aliphatic heterocycles. The van der Waals surface area contributed by atoms with E-state index < -0.39 is 11.3 Å². The van der Waals surface area contributed by atoms with Crippen LogP contribution in [0.25, 0.3) is 28.0 Å². The van der Waals surface area contributed by atoms with E-state index in [1.807, 2.05) is 47.4 Å². The Labute approximate surface area is 200 Å². The fourth-order valence-electron chi connectivity index (χ4n) is 4.98. The molecule has 3 heterocycles. The molecule has 0 atom stereocenters. The zero-order valence-corrected chi connectivity index (χ0v) is 19.0. The van der Waals surface area contributed by atoms with Crippen molar-refractivity contribution < 1.29 is 4.42 Å². The van der Waals surface area contributed by atoms with E-state index >= 15 is 0 Å². The molecule has 2 aromatic carbocycles. The summed E-state index contributed by atoms with van der Waals surface area (Å²) in [7, 11) is 0. The fraction of sp³-hybridized carbons (Fsp3) is 0.240. The van der Waals surface area contributed by atoms with Crippen LogP contribution >= 0.6 is 0 Å². The highest BCUT2D eigenvalue weighted by Crippen LogP contribution is 2.40. The lowest BCUT2D eigenvalue weighted by Gasteiger charge is -2.45. The molecule has 1 fully saturated rings. The van der Waals surface area contributed by atoms with Crippen LogP contribution in [0.4, 0.5) is 5.69 Å². The normalized spacial score (nSPS) is 17.4. The van der Waals surface area contributed by atoms with Crippen LogP contribution in [0.1, 0.15) is 32.1 Å². The summed E-state index contributed by atoms with van der Waals surface area (Å²) in [6, 6.07) is 16.9. The van der Waals surface area contributed by atoms with Crippen LogP contribution in [-0.2, 0) is 0 Å². The van der Waals surface area contributed by atoms with Crippen LogP contribution < -0.4 is 22.0 Å². The van der Waals surface area contributed by atoms with E-state index in [0.29, 0.717) is 11.4 Å². The van der Waals surface area contributed by atoms with Gasteiger partial charge in [0.1, 0.15) is 17.6 Å². The molecule has 0 saturated heterocycles. The molecule has 0 bridgehead atoms. The van der Waals surface area contributed by atoms with Crippen molar-refractivity contribution in [3.05, 3.63) is 71.3 Å². The number of aromatic nitrogens is 3. The fourth-order valence-corrected chi connectivity index (χ4v) is 4.98. The van der Waals surface area contributed by atoms with E-state index in [2.05, 4.69) is 15.1 Å². The van der Waals surface area contributed by atoms with Crippen LogP contribution in [-0.4, -0.2) is 32.3 Å². The zero-order chi connectivity index (χ0) is 24.0.